The van der Waals surface area contributed by atoms with E-state index in [0.29, 0.717) is 23.7 Å². The van der Waals surface area contributed by atoms with Crippen molar-refractivity contribution in [1.82, 2.24) is 0 Å². The Kier molecular flexibility index (Phi) is 9.48. The zero-order valence-corrected chi connectivity index (χ0v) is 24.5. The van der Waals surface area contributed by atoms with Crippen LogP contribution in [-0.2, 0) is 20.6 Å². The third-order valence-corrected chi connectivity index (χ3v) is 7.65. The molecule has 2 atom stereocenters. The number of rotatable bonds is 4. The lowest BCUT2D eigenvalue weighted by atomic mass is 10.1. The molecule has 6 aromatic carbocycles. The molecule has 2 fully saturated rings. The molecule has 1 aliphatic carbocycles. The highest BCUT2D eigenvalue weighted by atomic mass is 16.6. The van der Waals surface area contributed by atoms with Gasteiger partial charge in [0.05, 0.1) is 26.4 Å². The van der Waals surface area contributed by atoms with Crippen molar-refractivity contribution in [3.63, 3.8) is 0 Å². The van der Waals surface area contributed by atoms with Gasteiger partial charge in [0, 0.05) is 10.8 Å². The zero-order chi connectivity index (χ0) is 30.1. The Hall–Kier alpha value is -4.68. The average Bonchev–Trinajstić information content (AvgIpc) is 4.02. The third kappa shape index (κ3) is 7.82. The Morgan fingerprint density at radius 2 is 0.886 bits per heavy atom. The summed E-state index contributed by atoms with van der Waals surface area (Å²) in [5, 5.41) is 22.7. The molecule has 2 unspecified atom stereocenters. The molecule has 2 saturated heterocycles. The normalized spacial score (nSPS) is 16.6. The average molecular weight is 585 g/mol. The maximum Gasteiger partial charge on any atom is 0.123 e. The van der Waals surface area contributed by atoms with Gasteiger partial charge in [0.25, 0.3) is 0 Å². The van der Waals surface area contributed by atoms with E-state index in [1.807, 2.05) is 72.8 Å². The topological polar surface area (TPSA) is 74.8 Å². The molecule has 0 amide bonds. The summed E-state index contributed by atoms with van der Waals surface area (Å²) in [6, 6.07) is 43.9. The number of phenolic OH excluding ortho intramolecular Hbond substituents is 2. The van der Waals surface area contributed by atoms with E-state index in [9.17, 15) is 10.2 Å². The summed E-state index contributed by atoms with van der Waals surface area (Å²) in [5.41, 5.74) is 5.75. The molecule has 2 aliphatic heterocycles. The Morgan fingerprint density at radius 1 is 0.500 bits per heavy atom. The first-order valence-corrected chi connectivity index (χ1v) is 15.0. The van der Waals surface area contributed by atoms with Crippen molar-refractivity contribution in [1.29, 1.82) is 0 Å². The number of hydrogen-bond acceptors (Lipinski definition) is 5. The lowest BCUT2D eigenvalue weighted by Crippen LogP contribution is -2.06. The molecule has 222 valence electrons. The Morgan fingerprint density at radius 3 is 1.32 bits per heavy atom. The number of aromatic hydroxyl groups is 2. The Labute approximate surface area is 257 Å². The minimum atomic E-state index is 0.350. The Balaban J connectivity index is 0.000000105. The van der Waals surface area contributed by atoms with Gasteiger partial charge in [0.15, 0.2) is 0 Å². The highest BCUT2D eigenvalue weighted by Crippen LogP contribution is 2.35. The first-order chi connectivity index (χ1) is 21.7. The summed E-state index contributed by atoms with van der Waals surface area (Å²) in [6.45, 7) is 3.26. The van der Waals surface area contributed by atoms with Gasteiger partial charge in [-0.1, -0.05) is 121 Å². The minimum absolute atomic E-state index is 0.350. The summed E-state index contributed by atoms with van der Waals surface area (Å²) in [6.07, 6.45) is 1.89. The number of ether oxygens (including phenoxy) is 3. The second kappa shape index (κ2) is 14.2. The molecule has 6 aromatic rings. The van der Waals surface area contributed by atoms with Crippen molar-refractivity contribution in [2.45, 2.75) is 18.6 Å². The van der Waals surface area contributed by atoms with Gasteiger partial charge in [-0.25, -0.2) is 0 Å². The van der Waals surface area contributed by atoms with Crippen LogP contribution in [-0.4, -0.2) is 48.8 Å². The monoisotopic (exact) mass is 584 g/mol. The van der Waals surface area contributed by atoms with Crippen LogP contribution >= 0.6 is 0 Å². The van der Waals surface area contributed by atoms with E-state index in [1.54, 1.807) is 12.1 Å². The molecule has 0 aromatic heterocycles. The smallest absolute Gasteiger partial charge is 0.123 e. The van der Waals surface area contributed by atoms with Crippen LogP contribution in [0.25, 0.3) is 32.7 Å². The lowest BCUT2D eigenvalue weighted by Gasteiger charge is -1.98. The van der Waals surface area contributed by atoms with Crippen molar-refractivity contribution < 1.29 is 24.4 Å². The van der Waals surface area contributed by atoms with E-state index in [2.05, 4.69) is 48.5 Å². The van der Waals surface area contributed by atoms with Crippen LogP contribution in [0.4, 0.5) is 0 Å². The van der Waals surface area contributed by atoms with Crippen LogP contribution < -0.4 is 0 Å². The molecule has 2 heterocycles. The fraction of sp³-hybridized carbons (Fsp3) is 0.179. The molecule has 5 nitrogen and oxygen atoms in total. The zero-order valence-electron chi connectivity index (χ0n) is 24.5. The Bertz CT molecular complexity index is 1680. The van der Waals surface area contributed by atoms with Gasteiger partial charge < -0.3 is 24.4 Å². The van der Waals surface area contributed by atoms with E-state index in [-0.39, 0.29) is 0 Å². The molecule has 5 heteroatoms. The quantitative estimate of drug-likeness (QED) is 0.204. The van der Waals surface area contributed by atoms with Gasteiger partial charge in [-0.15, -0.1) is 0 Å². The van der Waals surface area contributed by atoms with Gasteiger partial charge in [-0.05, 0) is 51.6 Å². The number of phenols is 2. The highest BCUT2D eigenvalue weighted by Gasteiger charge is 2.26. The second-order valence-electron chi connectivity index (χ2n) is 10.9. The first kappa shape index (κ1) is 29.4. The van der Waals surface area contributed by atoms with Crippen LogP contribution in [0.15, 0.2) is 133 Å². The van der Waals surface area contributed by atoms with Crippen molar-refractivity contribution in [3.05, 3.63) is 145 Å². The molecule has 0 bridgehead atoms. The first-order valence-electron chi connectivity index (χ1n) is 15.0. The van der Waals surface area contributed by atoms with Crippen molar-refractivity contribution in [2.75, 3.05) is 26.4 Å². The van der Waals surface area contributed by atoms with Crippen LogP contribution in [0.2, 0.25) is 0 Å². The molecule has 2 N–H and O–H groups in total. The van der Waals surface area contributed by atoms with Gasteiger partial charge in [-0.2, -0.15) is 0 Å². The standard InChI is InChI=1S/C13H10.2C10H8O.C6H10O3/c1-3-7-12-10(5-1)9-11-6-2-4-8-13(11)12;2*11-10-7-3-5-8-4-1-2-6-9(8)10;1(5-3-8-5)7-2-6-4-9-6/h1-8H,9H2;2*1-7,11H;5-6H,1-4H2. The van der Waals surface area contributed by atoms with Crippen LogP contribution in [0.5, 0.6) is 11.5 Å². The fourth-order valence-electron chi connectivity index (χ4n) is 5.16. The third-order valence-electron chi connectivity index (χ3n) is 7.65. The molecular weight excluding hydrogens is 548 g/mol. The summed E-state index contributed by atoms with van der Waals surface area (Å²) in [7, 11) is 0. The van der Waals surface area contributed by atoms with Crippen molar-refractivity contribution >= 4 is 21.5 Å². The largest absolute Gasteiger partial charge is 0.507 e. The van der Waals surface area contributed by atoms with E-state index < -0.39 is 0 Å². The molecule has 0 saturated carbocycles. The fourth-order valence-corrected chi connectivity index (χ4v) is 5.16. The molecular formula is C39H36O5. The molecule has 44 heavy (non-hydrogen) atoms. The number of fused-ring (bicyclic) bond motifs is 5. The number of hydrogen-bond donors (Lipinski definition) is 2. The van der Waals surface area contributed by atoms with Gasteiger partial charge >= 0.3 is 0 Å². The molecule has 0 spiro atoms. The predicted octanol–water partition coefficient (Wildman–Crippen LogP) is 8.15. The van der Waals surface area contributed by atoms with Crippen LogP contribution in [0.3, 0.4) is 0 Å². The van der Waals surface area contributed by atoms with Gasteiger partial charge in [0.2, 0.25) is 0 Å². The van der Waals surface area contributed by atoms with E-state index in [1.165, 1.54) is 22.3 Å². The number of benzene rings is 6. The van der Waals surface area contributed by atoms with Crippen molar-refractivity contribution in [3.8, 4) is 22.6 Å². The summed E-state index contributed by atoms with van der Waals surface area (Å²) < 4.78 is 15.1. The minimum Gasteiger partial charge on any atom is -0.507 e. The van der Waals surface area contributed by atoms with Gasteiger partial charge in [0.1, 0.15) is 23.7 Å². The molecule has 0 radical (unpaired) electrons. The van der Waals surface area contributed by atoms with Gasteiger partial charge in [-0.3, -0.25) is 0 Å². The van der Waals surface area contributed by atoms with E-state index in [4.69, 9.17) is 14.2 Å². The van der Waals surface area contributed by atoms with E-state index >= 15 is 0 Å². The maximum absolute atomic E-state index is 9.37. The SMILES string of the molecule is C(OCC1CO1)C1CO1.Oc1cccc2ccccc12.Oc1cccc2ccccc12.c1ccc2c(c1)Cc1ccccc1-2. The van der Waals surface area contributed by atoms with Crippen molar-refractivity contribution in [2.24, 2.45) is 0 Å². The summed E-state index contributed by atoms with van der Waals surface area (Å²) >= 11 is 0. The van der Waals surface area contributed by atoms with Crippen LogP contribution in [0, 0.1) is 0 Å². The maximum atomic E-state index is 9.37. The lowest BCUT2D eigenvalue weighted by molar-refractivity contribution is 0.102. The van der Waals surface area contributed by atoms with E-state index in [0.717, 1.165) is 54.4 Å². The predicted molar refractivity (Wildman–Crippen MR) is 176 cm³/mol. The van der Waals surface area contributed by atoms with Crippen LogP contribution in [0.1, 0.15) is 11.1 Å². The summed E-state index contributed by atoms with van der Waals surface area (Å²) in [5.74, 6) is 0.700. The molecule has 9 rings (SSSR count). The second-order valence-corrected chi connectivity index (χ2v) is 10.9. The highest BCUT2D eigenvalue weighted by molar-refractivity contribution is 5.88. The number of epoxide rings is 2. The molecule has 3 aliphatic rings. The summed E-state index contributed by atoms with van der Waals surface area (Å²) in [4.78, 5) is 0.